The highest BCUT2D eigenvalue weighted by Crippen LogP contribution is 2.17. The highest BCUT2D eigenvalue weighted by molar-refractivity contribution is 5.02. The molecule has 3 N–H and O–H groups in total. The molecule has 1 aliphatic rings. The molecule has 0 spiro atoms. The zero-order valence-corrected chi connectivity index (χ0v) is 8.45. The molecular formula is C10H18N4. The minimum absolute atomic E-state index is 0.746. The van der Waals surface area contributed by atoms with Crippen LogP contribution in [-0.2, 0) is 6.54 Å². The molecule has 1 fully saturated rings. The van der Waals surface area contributed by atoms with Crippen molar-refractivity contribution in [3.8, 4) is 0 Å². The van der Waals surface area contributed by atoms with Gasteiger partial charge in [-0.2, -0.15) is 5.10 Å². The topological polar surface area (TPSA) is 57.9 Å². The molecule has 78 valence electrons. The van der Waals surface area contributed by atoms with Crippen molar-refractivity contribution in [1.29, 1.82) is 0 Å². The molecule has 0 aliphatic carbocycles. The van der Waals surface area contributed by atoms with Crippen molar-refractivity contribution < 1.29 is 0 Å². The van der Waals surface area contributed by atoms with Gasteiger partial charge in [-0.15, -0.1) is 0 Å². The van der Waals surface area contributed by atoms with Crippen LogP contribution in [0.4, 0.5) is 0 Å². The molecule has 14 heavy (non-hydrogen) atoms. The first kappa shape index (κ1) is 9.68. The lowest BCUT2D eigenvalue weighted by molar-refractivity contribution is 0.180. The molecule has 0 bridgehead atoms. The average Bonchev–Trinajstić information content (AvgIpc) is 2.72. The lowest BCUT2D eigenvalue weighted by atomic mass is 9.97. The summed E-state index contributed by atoms with van der Waals surface area (Å²) in [5, 5.41) is 6.79. The van der Waals surface area contributed by atoms with E-state index >= 15 is 0 Å². The number of rotatable bonds is 3. The van der Waals surface area contributed by atoms with Crippen LogP contribution in [0.3, 0.4) is 0 Å². The van der Waals surface area contributed by atoms with E-state index in [0.29, 0.717) is 0 Å². The minimum Gasteiger partial charge on any atom is -0.330 e. The van der Waals surface area contributed by atoms with Gasteiger partial charge in [0, 0.05) is 18.3 Å². The van der Waals surface area contributed by atoms with E-state index in [1.54, 1.807) is 0 Å². The zero-order chi connectivity index (χ0) is 9.80. The van der Waals surface area contributed by atoms with E-state index in [2.05, 4.69) is 15.1 Å². The number of H-pyrrole nitrogens is 1. The second kappa shape index (κ2) is 4.57. The van der Waals surface area contributed by atoms with Crippen molar-refractivity contribution in [2.24, 2.45) is 11.7 Å². The summed E-state index contributed by atoms with van der Waals surface area (Å²) in [5.74, 6) is 0.746. The molecule has 4 heteroatoms. The van der Waals surface area contributed by atoms with E-state index in [1.165, 1.54) is 31.5 Å². The van der Waals surface area contributed by atoms with Gasteiger partial charge in [0.1, 0.15) is 0 Å². The Balaban J connectivity index is 1.79. The monoisotopic (exact) mass is 194 g/mol. The fourth-order valence-electron chi connectivity index (χ4n) is 2.00. The lowest BCUT2D eigenvalue weighted by Crippen LogP contribution is -2.35. The third-order valence-corrected chi connectivity index (χ3v) is 3.00. The Hall–Kier alpha value is -0.870. The lowest BCUT2D eigenvalue weighted by Gasteiger charge is -2.30. The first-order valence-electron chi connectivity index (χ1n) is 5.28. The number of aromatic amines is 1. The molecule has 0 radical (unpaired) electrons. The maximum Gasteiger partial charge on any atom is 0.0532 e. The van der Waals surface area contributed by atoms with Crippen LogP contribution < -0.4 is 5.73 Å². The number of likely N-dealkylation sites (tertiary alicyclic amines) is 1. The zero-order valence-electron chi connectivity index (χ0n) is 8.45. The number of nitrogens with zero attached hydrogens (tertiary/aromatic N) is 2. The summed E-state index contributed by atoms with van der Waals surface area (Å²) in [4.78, 5) is 2.47. The summed E-state index contributed by atoms with van der Waals surface area (Å²) >= 11 is 0. The van der Waals surface area contributed by atoms with Gasteiger partial charge in [-0.3, -0.25) is 10.00 Å². The van der Waals surface area contributed by atoms with Crippen LogP contribution in [0.1, 0.15) is 18.4 Å². The van der Waals surface area contributed by atoms with Gasteiger partial charge >= 0.3 is 0 Å². The van der Waals surface area contributed by atoms with Crippen molar-refractivity contribution >= 4 is 0 Å². The van der Waals surface area contributed by atoms with Crippen molar-refractivity contribution in [2.75, 3.05) is 19.6 Å². The molecule has 1 aromatic heterocycles. The van der Waals surface area contributed by atoms with Gasteiger partial charge < -0.3 is 5.73 Å². The van der Waals surface area contributed by atoms with Crippen LogP contribution in [0, 0.1) is 5.92 Å². The van der Waals surface area contributed by atoms with Crippen LogP contribution in [0.5, 0.6) is 0 Å². The van der Waals surface area contributed by atoms with E-state index in [-0.39, 0.29) is 0 Å². The van der Waals surface area contributed by atoms with E-state index in [4.69, 9.17) is 5.73 Å². The third-order valence-electron chi connectivity index (χ3n) is 3.00. The molecule has 0 amide bonds. The average molecular weight is 194 g/mol. The van der Waals surface area contributed by atoms with Crippen molar-refractivity contribution in [2.45, 2.75) is 19.4 Å². The molecule has 1 aliphatic heterocycles. The SMILES string of the molecule is NCC1CCN(Cc2cn[nH]c2)CC1. The van der Waals surface area contributed by atoms with Gasteiger partial charge in [0.05, 0.1) is 6.20 Å². The Labute approximate surface area is 84.5 Å². The second-order valence-electron chi connectivity index (χ2n) is 4.06. The summed E-state index contributed by atoms with van der Waals surface area (Å²) in [7, 11) is 0. The number of hydrogen-bond donors (Lipinski definition) is 2. The number of nitrogens with two attached hydrogens (primary N) is 1. The van der Waals surface area contributed by atoms with Crippen molar-refractivity contribution in [3.05, 3.63) is 18.0 Å². The fourth-order valence-corrected chi connectivity index (χ4v) is 2.00. The molecule has 0 aromatic carbocycles. The van der Waals surface area contributed by atoms with E-state index in [0.717, 1.165) is 19.0 Å². The predicted octanol–water partition coefficient (Wildman–Crippen LogP) is 0.580. The summed E-state index contributed by atoms with van der Waals surface area (Å²) in [6, 6.07) is 0. The Morgan fingerprint density at radius 3 is 2.86 bits per heavy atom. The Bertz CT molecular complexity index is 249. The Morgan fingerprint density at radius 1 is 1.50 bits per heavy atom. The summed E-state index contributed by atoms with van der Waals surface area (Å²) in [6.07, 6.45) is 6.35. The highest BCUT2D eigenvalue weighted by Gasteiger charge is 2.17. The summed E-state index contributed by atoms with van der Waals surface area (Å²) in [6.45, 7) is 4.22. The molecular weight excluding hydrogens is 176 g/mol. The van der Waals surface area contributed by atoms with Crippen molar-refractivity contribution in [1.82, 2.24) is 15.1 Å². The van der Waals surface area contributed by atoms with Crippen LogP contribution in [0.25, 0.3) is 0 Å². The fraction of sp³-hybridized carbons (Fsp3) is 0.700. The predicted molar refractivity (Wildman–Crippen MR) is 55.6 cm³/mol. The maximum absolute atomic E-state index is 5.65. The van der Waals surface area contributed by atoms with Crippen LogP contribution in [0.2, 0.25) is 0 Å². The molecule has 4 nitrogen and oxygen atoms in total. The molecule has 2 rings (SSSR count). The Morgan fingerprint density at radius 2 is 2.29 bits per heavy atom. The van der Waals surface area contributed by atoms with Crippen LogP contribution >= 0.6 is 0 Å². The maximum atomic E-state index is 5.65. The van der Waals surface area contributed by atoms with Crippen molar-refractivity contribution in [3.63, 3.8) is 0 Å². The molecule has 2 heterocycles. The highest BCUT2D eigenvalue weighted by atomic mass is 15.1. The van der Waals surface area contributed by atoms with E-state index in [9.17, 15) is 0 Å². The van der Waals surface area contributed by atoms with Gasteiger partial charge in [0.15, 0.2) is 0 Å². The number of piperidine rings is 1. The minimum atomic E-state index is 0.746. The van der Waals surface area contributed by atoms with Gasteiger partial charge in [-0.05, 0) is 38.4 Å². The third kappa shape index (κ3) is 2.33. The smallest absolute Gasteiger partial charge is 0.0532 e. The second-order valence-corrected chi connectivity index (χ2v) is 4.06. The number of nitrogens with one attached hydrogen (secondary N) is 1. The quantitative estimate of drug-likeness (QED) is 0.740. The summed E-state index contributed by atoms with van der Waals surface area (Å²) < 4.78 is 0. The van der Waals surface area contributed by atoms with Gasteiger partial charge in [-0.25, -0.2) is 0 Å². The Kier molecular flexibility index (Phi) is 3.16. The molecule has 1 saturated heterocycles. The van der Waals surface area contributed by atoms with Crippen LogP contribution in [0.15, 0.2) is 12.4 Å². The first-order chi connectivity index (χ1) is 6.88. The normalized spacial score (nSPS) is 20.1. The number of aromatic nitrogens is 2. The number of hydrogen-bond acceptors (Lipinski definition) is 3. The van der Waals surface area contributed by atoms with Gasteiger partial charge in [0.2, 0.25) is 0 Å². The van der Waals surface area contributed by atoms with Gasteiger partial charge in [0.25, 0.3) is 0 Å². The van der Waals surface area contributed by atoms with E-state index in [1.807, 2.05) is 12.4 Å². The van der Waals surface area contributed by atoms with Crippen LogP contribution in [-0.4, -0.2) is 34.7 Å². The standard InChI is InChI=1S/C10H18N4/c11-5-9-1-3-14(4-2-9)8-10-6-12-13-7-10/h6-7,9H,1-5,8,11H2,(H,12,13). The van der Waals surface area contributed by atoms with E-state index < -0.39 is 0 Å². The molecule has 0 unspecified atom stereocenters. The molecule has 1 aromatic rings. The largest absolute Gasteiger partial charge is 0.330 e. The molecule has 0 atom stereocenters. The first-order valence-corrected chi connectivity index (χ1v) is 5.28. The summed E-state index contributed by atoms with van der Waals surface area (Å²) in [5.41, 5.74) is 6.93. The van der Waals surface area contributed by atoms with Gasteiger partial charge in [-0.1, -0.05) is 0 Å². The molecule has 0 saturated carbocycles.